The van der Waals surface area contributed by atoms with Gasteiger partial charge in [-0.2, -0.15) is 13.2 Å². The van der Waals surface area contributed by atoms with E-state index in [1.165, 1.54) is 6.07 Å². The quantitative estimate of drug-likeness (QED) is 0.502. The van der Waals surface area contributed by atoms with E-state index in [0.717, 1.165) is 12.1 Å². The molecule has 0 bridgehead atoms. The maximum absolute atomic E-state index is 12.9. The van der Waals surface area contributed by atoms with Crippen LogP contribution >= 0.6 is 11.8 Å². The second kappa shape index (κ2) is 3.57. The molecule has 0 radical (unpaired) electrons. The van der Waals surface area contributed by atoms with Gasteiger partial charge in [0.1, 0.15) is 5.82 Å². The molecule has 0 aliphatic rings. The average Bonchev–Trinajstić information content (AvgIpc) is 1.93. The third-order valence-corrected chi connectivity index (χ3v) is 2.10. The van der Waals surface area contributed by atoms with Crippen molar-refractivity contribution in [2.24, 2.45) is 0 Å². The fourth-order valence-corrected chi connectivity index (χ4v) is 1.36. The average molecular weight is 210 g/mol. The van der Waals surface area contributed by atoms with Crippen LogP contribution in [0, 0.1) is 12.7 Å². The normalized spacial score (nSPS) is 11.8. The Morgan fingerprint density at radius 3 is 2.31 bits per heavy atom. The summed E-state index contributed by atoms with van der Waals surface area (Å²) in [6.45, 7) is 1.62. The van der Waals surface area contributed by atoms with Gasteiger partial charge >= 0.3 is 5.51 Å². The van der Waals surface area contributed by atoms with Crippen molar-refractivity contribution in [3.63, 3.8) is 0 Å². The van der Waals surface area contributed by atoms with Gasteiger partial charge in [-0.05, 0) is 36.4 Å². The van der Waals surface area contributed by atoms with Crippen molar-refractivity contribution < 1.29 is 17.6 Å². The highest BCUT2D eigenvalue weighted by atomic mass is 32.2. The lowest BCUT2D eigenvalue weighted by molar-refractivity contribution is -0.0329. The van der Waals surface area contributed by atoms with Crippen molar-refractivity contribution in [1.29, 1.82) is 0 Å². The number of hydrogen-bond acceptors (Lipinski definition) is 1. The molecule has 0 unspecified atom stereocenters. The standard InChI is InChI=1S/C8H6F4S/c1-5-2-3-7(6(9)4-5)13-8(10,11)12/h2-4H,1H3. The van der Waals surface area contributed by atoms with E-state index in [1.807, 2.05) is 0 Å². The Hall–Kier alpha value is -0.710. The van der Waals surface area contributed by atoms with Gasteiger partial charge < -0.3 is 0 Å². The van der Waals surface area contributed by atoms with E-state index in [4.69, 9.17) is 0 Å². The van der Waals surface area contributed by atoms with E-state index < -0.39 is 28.0 Å². The van der Waals surface area contributed by atoms with Gasteiger partial charge in [0.25, 0.3) is 0 Å². The van der Waals surface area contributed by atoms with E-state index in [0.29, 0.717) is 5.56 Å². The van der Waals surface area contributed by atoms with Crippen molar-refractivity contribution in [3.05, 3.63) is 29.6 Å². The fourth-order valence-electron chi connectivity index (χ4n) is 0.813. The molecule has 0 saturated carbocycles. The van der Waals surface area contributed by atoms with Crippen molar-refractivity contribution >= 4 is 11.8 Å². The molecule has 5 heteroatoms. The molecule has 0 heterocycles. The van der Waals surface area contributed by atoms with Crippen LogP contribution in [0.1, 0.15) is 5.56 Å². The lowest BCUT2D eigenvalue weighted by Gasteiger charge is -2.06. The second-order valence-electron chi connectivity index (χ2n) is 2.48. The predicted octanol–water partition coefficient (Wildman–Crippen LogP) is 3.75. The molecule has 13 heavy (non-hydrogen) atoms. The molecule has 0 amide bonds. The SMILES string of the molecule is Cc1ccc(SC(F)(F)F)c(F)c1. The largest absolute Gasteiger partial charge is 0.446 e. The Kier molecular flexibility index (Phi) is 2.85. The van der Waals surface area contributed by atoms with Crippen molar-refractivity contribution in [1.82, 2.24) is 0 Å². The zero-order valence-corrected chi connectivity index (χ0v) is 7.47. The van der Waals surface area contributed by atoms with E-state index in [-0.39, 0.29) is 0 Å². The summed E-state index contributed by atoms with van der Waals surface area (Å²) < 4.78 is 48.3. The minimum atomic E-state index is -4.43. The number of hydrogen-bond donors (Lipinski definition) is 0. The molecule has 0 aromatic heterocycles. The molecule has 0 atom stereocenters. The van der Waals surface area contributed by atoms with Crippen LogP contribution in [-0.4, -0.2) is 5.51 Å². The summed E-state index contributed by atoms with van der Waals surface area (Å²) in [5.41, 5.74) is -3.83. The van der Waals surface area contributed by atoms with Gasteiger partial charge in [-0.3, -0.25) is 0 Å². The van der Waals surface area contributed by atoms with Crippen LogP contribution in [0.2, 0.25) is 0 Å². The highest BCUT2D eigenvalue weighted by molar-refractivity contribution is 8.00. The summed E-state index contributed by atoms with van der Waals surface area (Å²) in [7, 11) is 0. The minimum Gasteiger partial charge on any atom is -0.206 e. The molecule has 72 valence electrons. The maximum atomic E-state index is 12.9. The van der Waals surface area contributed by atoms with Crippen LogP contribution < -0.4 is 0 Å². The van der Waals surface area contributed by atoms with E-state index in [1.54, 1.807) is 6.92 Å². The van der Waals surface area contributed by atoms with Crippen molar-refractivity contribution in [2.75, 3.05) is 0 Å². The van der Waals surface area contributed by atoms with Crippen molar-refractivity contribution in [2.45, 2.75) is 17.3 Å². The molecule has 0 nitrogen and oxygen atoms in total. The molecule has 0 aliphatic heterocycles. The van der Waals surface area contributed by atoms with E-state index in [9.17, 15) is 17.6 Å². The highest BCUT2D eigenvalue weighted by Crippen LogP contribution is 2.38. The molecule has 0 fully saturated rings. The summed E-state index contributed by atoms with van der Waals surface area (Å²) in [4.78, 5) is -0.391. The lowest BCUT2D eigenvalue weighted by Crippen LogP contribution is -2.00. The van der Waals surface area contributed by atoms with Gasteiger partial charge in [0.05, 0.1) is 4.90 Å². The first kappa shape index (κ1) is 10.4. The van der Waals surface area contributed by atoms with Gasteiger partial charge in [-0.15, -0.1) is 0 Å². The van der Waals surface area contributed by atoms with Gasteiger partial charge in [0.2, 0.25) is 0 Å². The number of rotatable bonds is 1. The summed E-state index contributed by atoms with van der Waals surface area (Å²) in [5.74, 6) is -0.831. The number of halogens is 4. The predicted molar refractivity (Wildman–Crippen MR) is 43.0 cm³/mol. The van der Waals surface area contributed by atoms with E-state index >= 15 is 0 Å². The van der Waals surface area contributed by atoms with Crippen LogP contribution in [0.15, 0.2) is 23.1 Å². The molecule has 0 spiro atoms. The minimum absolute atomic E-state index is 0.391. The van der Waals surface area contributed by atoms with Gasteiger partial charge in [-0.1, -0.05) is 6.07 Å². The third kappa shape index (κ3) is 3.26. The Morgan fingerprint density at radius 2 is 1.85 bits per heavy atom. The Balaban J connectivity index is 2.90. The smallest absolute Gasteiger partial charge is 0.206 e. The first-order chi connectivity index (χ1) is 5.88. The van der Waals surface area contributed by atoms with Gasteiger partial charge in [0, 0.05) is 0 Å². The third-order valence-electron chi connectivity index (χ3n) is 1.31. The number of aryl methyl sites for hydroxylation is 1. The molecular weight excluding hydrogens is 204 g/mol. The fraction of sp³-hybridized carbons (Fsp3) is 0.250. The first-order valence-electron chi connectivity index (χ1n) is 3.40. The van der Waals surface area contributed by atoms with Crippen LogP contribution in [0.5, 0.6) is 0 Å². The first-order valence-corrected chi connectivity index (χ1v) is 4.22. The van der Waals surface area contributed by atoms with E-state index in [2.05, 4.69) is 0 Å². The zero-order valence-electron chi connectivity index (χ0n) is 6.65. The maximum Gasteiger partial charge on any atom is 0.446 e. The zero-order chi connectivity index (χ0) is 10.1. The van der Waals surface area contributed by atoms with Crippen LogP contribution in [0.4, 0.5) is 17.6 Å². The molecule has 1 aromatic rings. The van der Waals surface area contributed by atoms with Crippen LogP contribution in [-0.2, 0) is 0 Å². The Labute approximate surface area is 76.9 Å². The molecule has 0 aliphatic carbocycles. The molecule has 1 rings (SSSR count). The Morgan fingerprint density at radius 1 is 1.23 bits per heavy atom. The second-order valence-corrected chi connectivity index (χ2v) is 3.59. The van der Waals surface area contributed by atoms with Crippen LogP contribution in [0.3, 0.4) is 0 Å². The molecular formula is C8H6F4S. The lowest BCUT2D eigenvalue weighted by atomic mass is 10.2. The summed E-state index contributed by atoms with van der Waals surface area (Å²) in [5, 5.41) is 0. The van der Waals surface area contributed by atoms with Crippen molar-refractivity contribution in [3.8, 4) is 0 Å². The molecule has 0 N–H and O–H groups in total. The monoisotopic (exact) mass is 210 g/mol. The summed E-state index contributed by atoms with van der Waals surface area (Å²) >= 11 is -0.439. The number of thioether (sulfide) groups is 1. The summed E-state index contributed by atoms with van der Waals surface area (Å²) in [6.07, 6.45) is 0. The van der Waals surface area contributed by atoms with Gasteiger partial charge in [0.15, 0.2) is 0 Å². The summed E-state index contributed by atoms with van der Waals surface area (Å²) in [6, 6.07) is 3.65. The highest BCUT2D eigenvalue weighted by Gasteiger charge is 2.30. The number of alkyl halides is 3. The Bertz CT molecular complexity index is 306. The molecule has 1 aromatic carbocycles. The topological polar surface area (TPSA) is 0 Å². The van der Waals surface area contributed by atoms with Crippen LogP contribution in [0.25, 0.3) is 0 Å². The van der Waals surface area contributed by atoms with Gasteiger partial charge in [-0.25, -0.2) is 4.39 Å². The molecule has 0 saturated heterocycles. The number of benzene rings is 1.